The van der Waals surface area contributed by atoms with Gasteiger partial charge in [0.1, 0.15) is 5.76 Å². The molecule has 0 unspecified atom stereocenters. The van der Waals surface area contributed by atoms with Crippen molar-refractivity contribution in [3.8, 4) is 0 Å². The standard InChI is InChI=1S/C12H18N2O2S/c1-17-10-4-6-14(7-5-10)12(15)11-3-2-9(8-13)16-11/h2-3,10H,4-8,13H2,1H3. The van der Waals surface area contributed by atoms with Crippen molar-refractivity contribution in [1.29, 1.82) is 0 Å². The lowest BCUT2D eigenvalue weighted by Gasteiger charge is -2.30. The van der Waals surface area contributed by atoms with E-state index in [4.69, 9.17) is 10.2 Å². The fourth-order valence-electron chi connectivity index (χ4n) is 2.05. The van der Waals surface area contributed by atoms with E-state index in [-0.39, 0.29) is 5.91 Å². The van der Waals surface area contributed by atoms with E-state index in [0.717, 1.165) is 25.9 Å². The second kappa shape index (κ2) is 5.60. The molecule has 0 aliphatic carbocycles. The topological polar surface area (TPSA) is 59.5 Å². The van der Waals surface area contributed by atoms with Crippen molar-refractivity contribution in [2.24, 2.45) is 5.73 Å². The number of carbonyl (C=O) groups is 1. The molecular weight excluding hydrogens is 236 g/mol. The van der Waals surface area contributed by atoms with E-state index >= 15 is 0 Å². The van der Waals surface area contributed by atoms with Crippen molar-refractivity contribution in [1.82, 2.24) is 4.90 Å². The monoisotopic (exact) mass is 254 g/mol. The van der Waals surface area contributed by atoms with Gasteiger partial charge < -0.3 is 15.1 Å². The van der Waals surface area contributed by atoms with Crippen LogP contribution in [0.4, 0.5) is 0 Å². The highest BCUT2D eigenvalue weighted by Gasteiger charge is 2.24. The van der Waals surface area contributed by atoms with Crippen molar-refractivity contribution in [2.45, 2.75) is 24.6 Å². The molecule has 0 saturated carbocycles. The lowest BCUT2D eigenvalue weighted by Crippen LogP contribution is -2.39. The van der Waals surface area contributed by atoms with Gasteiger partial charge in [-0.25, -0.2) is 0 Å². The zero-order chi connectivity index (χ0) is 12.3. The maximum Gasteiger partial charge on any atom is 0.289 e. The highest BCUT2D eigenvalue weighted by atomic mass is 32.2. The molecule has 2 heterocycles. The van der Waals surface area contributed by atoms with E-state index in [1.54, 1.807) is 12.1 Å². The maximum atomic E-state index is 12.1. The molecule has 0 aromatic carbocycles. The van der Waals surface area contributed by atoms with Gasteiger partial charge in [0.05, 0.1) is 6.54 Å². The zero-order valence-corrected chi connectivity index (χ0v) is 10.8. The van der Waals surface area contributed by atoms with Crippen LogP contribution in [0, 0.1) is 0 Å². The van der Waals surface area contributed by atoms with E-state index in [2.05, 4.69) is 6.26 Å². The summed E-state index contributed by atoms with van der Waals surface area (Å²) >= 11 is 1.89. The van der Waals surface area contributed by atoms with Gasteiger partial charge in [-0.3, -0.25) is 4.79 Å². The SMILES string of the molecule is CSC1CCN(C(=O)c2ccc(CN)o2)CC1. The Labute approximate surface area is 106 Å². The molecule has 1 aromatic heterocycles. The number of rotatable bonds is 3. The minimum atomic E-state index is -0.00995. The fourth-order valence-corrected chi connectivity index (χ4v) is 2.74. The molecule has 1 fully saturated rings. The average molecular weight is 254 g/mol. The zero-order valence-electron chi connectivity index (χ0n) is 10.0. The highest BCUT2D eigenvalue weighted by Crippen LogP contribution is 2.22. The molecule has 17 heavy (non-hydrogen) atoms. The number of carbonyl (C=O) groups excluding carboxylic acids is 1. The van der Waals surface area contributed by atoms with E-state index < -0.39 is 0 Å². The third-order valence-electron chi connectivity index (χ3n) is 3.14. The molecule has 4 nitrogen and oxygen atoms in total. The van der Waals surface area contributed by atoms with Gasteiger partial charge in [0.2, 0.25) is 0 Å². The molecular formula is C12H18N2O2S. The minimum Gasteiger partial charge on any atom is -0.455 e. The molecule has 1 aromatic rings. The van der Waals surface area contributed by atoms with Crippen molar-refractivity contribution >= 4 is 17.7 Å². The van der Waals surface area contributed by atoms with Gasteiger partial charge in [0, 0.05) is 18.3 Å². The molecule has 2 rings (SSSR count). The molecule has 94 valence electrons. The van der Waals surface area contributed by atoms with E-state index in [0.29, 0.717) is 23.3 Å². The van der Waals surface area contributed by atoms with Crippen LogP contribution in [0.5, 0.6) is 0 Å². The molecule has 5 heteroatoms. The number of hydrogen-bond donors (Lipinski definition) is 1. The summed E-state index contributed by atoms with van der Waals surface area (Å²) < 4.78 is 5.38. The first-order valence-corrected chi connectivity index (χ1v) is 7.14. The lowest BCUT2D eigenvalue weighted by molar-refractivity contribution is 0.0693. The van der Waals surface area contributed by atoms with Gasteiger partial charge >= 0.3 is 0 Å². The number of piperidine rings is 1. The smallest absolute Gasteiger partial charge is 0.289 e. The van der Waals surface area contributed by atoms with E-state index in [1.807, 2.05) is 16.7 Å². The van der Waals surface area contributed by atoms with E-state index in [9.17, 15) is 4.79 Å². The Morgan fingerprint density at radius 3 is 2.76 bits per heavy atom. The molecule has 1 saturated heterocycles. The molecule has 0 radical (unpaired) electrons. The molecule has 1 aliphatic rings. The number of likely N-dealkylation sites (tertiary alicyclic amines) is 1. The minimum absolute atomic E-state index is 0.00995. The summed E-state index contributed by atoms with van der Waals surface area (Å²) in [7, 11) is 0. The van der Waals surface area contributed by atoms with Crippen LogP contribution in [0.1, 0.15) is 29.2 Å². The molecule has 1 aliphatic heterocycles. The van der Waals surface area contributed by atoms with Gasteiger partial charge in [-0.1, -0.05) is 0 Å². The summed E-state index contributed by atoms with van der Waals surface area (Å²) in [5, 5.41) is 0.690. The number of thioether (sulfide) groups is 1. The fraction of sp³-hybridized carbons (Fsp3) is 0.583. The highest BCUT2D eigenvalue weighted by molar-refractivity contribution is 7.99. The van der Waals surface area contributed by atoms with Crippen LogP contribution in [0.25, 0.3) is 0 Å². The van der Waals surface area contributed by atoms with Gasteiger partial charge in [0.25, 0.3) is 5.91 Å². The first-order valence-electron chi connectivity index (χ1n) is 5.85. The summed E-state index contributed by atoms with van der Waals surface area (Å²) in [6.45, 7) is 1.98. The van der Waals surface area contributed by atoms with Crippen molar-refractivity contribution < 1.29 is 9.21 Å². The quantitative estimate of drug-likeness (QED) is 0.892. The number of hydrogen-bond acceptors (Lipinski definition) is 4. The third kappa shape index (κ3) is 2.84. The molecule has 2 N–H and O–H groups in total. The molecule has 0 atom stereocenters. The largest absolute Gasteiger partial charge is 0.455 e. The van der Waals surface area contributed by atoms with Crippen LogP contribution in [-0.4, -0.2) is 35.4 Å². The van der Waals surface area contributed by atoms with Gasteiger partial charge in [-0.05, 0) is 31.2 Å². The predicted molar refractivity (Wildman–Crippen MR) is 69.0 cm³/mol. The lowest BCUT2D eigenvalue weighted by atomic mass is 10.1. The molecule has 1 amide bonds. The van der Waals surface area contributed by atoms with E-state index in [1.165, 1.54) is 0 Å². The Kier molecular flexibility index (Phi) is 4.12. The average Bonchev–Trinajstić information content (AvgIpc) is 2.87. The summed E-state index contributed by atoms with van der Waals surface area (Å²) in [6.07, 6.45) is 4.26. The summed E-state index contributed by atoms with van der Waals surface area (Å²) in [5.74, 6) is 1.06. The van der Waals surface area contributed by atoms with Crippen molar-refractivity contribution in [3.05, 3.63) is 23.7 Å². The normalized spacial score (nSPS) is 17.4. The third-order valence-corrected chi connectivity index (χ3v) is 4.27. The number of nitrogens with zero attached hydrogens (tertiary/aromatic N) is 1. The van der Waals surface area contributed by atoms with Crippen molar-refractivity contribution in [2.75, 3.05) is 19.3 Å². The van der Waals surface area contributed by atoms with Crippen LogP contribution in [0.2, 0.25) is 0 Å². The predicted octanol–water partition coefficient (Wildman–Crippen LogP) is 1.71. The Morgan fingerprint density at radius 1 is 1.53 bits per heavy atom. The van der Waals surface area contributed by atoms with Gasteiger partial charge in [-0.2, -0.15) is 11.8 Å². The number of amides is 1. The Bertz CT molecular complexity index is 384. The van der Waals surface area contributed by atoms with Crippen LogP contribution in [0.3, 0.4) is 0 Å². The first kappa shape index (κ1) is 12.5. The first-order chi connectivity index (χ1) is 8.24. The van der Waals surface area contributed by atoms with Crippen LogP contribution in [0.15, 0.2) is 16.5 Å². The molecule has 0 spiro atoms. The Morgan fingerprint density at radius 2 is 2.24 bits per heavy atom. The van der Waals surface area contributed by atoms with Crippen LogP contribution < -0.4 is 5.73 Å². The number of nitrogens with two attached hydrogens (primary N) is 1. The summed E-state index contributed by atoms with van der Waals surface area (Å²) in [5.41, 5.74) is 5.46. The second-order valence-electron chi connectivity index (χ2n) is 4.20. The van der Waals surface area contributed by atoms with Crippen LogP contribution >= 0.6 is 11.8 Å². The van der Waals surface area contributed by atoms with Crippen LogP contribution in [-0.2, 0) is 6.54 Å². The van der Waals surface area contributed by atoms with Gasteiger partial charge in [0.15, 0.2) is 5.76 Å². The summed E-state index contributed by atoms with van der Waals surface area (Å²) in [4.78, 5) is 14.0. The second-order valence-corrected chi connectivity index (χ2v) is 5.34. The maximum absolute atomic E-state index is 12.1. The Balaban J connectivity index is 1.96. The number of furan rings is 1. The molecule has 0 bridgehead atoms. The Hall–Kier alpha value is -0.940. The van der Waals surface area contributed by atoms with Crippen molar-refractivity contribution in [3.63, 3.8) is 0 Å². The summed E-state index contributed by atoms with van der Waals surface area (Å²) in [6, 6.07) is 3.48. The van der Waals surface area contributed by atoms with Gasteiger partial charge in [-0.15, -0.1) is 0 Å².